The highest BCUT2D eigenvalue weighted by Gasteiger charge is 2.33. The first-order chi connectivity index (χ1) is 8.40. The smallest absolute Gasteiger partial charge is 0.00570 e. The van der Waals surface area contributed by atoms with Gasteiger partial charge in [0.1, 0.15) is 0 Å². The van der Waals surface area contributed by atoms with E-state index in [2.05, 4.69) is 80.3 Å². The van der Waals surface area contributed by atoms with Crippen molar-refractivity contribution in [3.8, 4) is 0 Å². The minimum Gasteiger partial charge on any atom is -0.0915 e. The maximum absolute atomic E-state index is 4.25. The molecule has 0 aromatic rings. The Morgan fingerprint density at radius 3 is 2.72 bits per heavy atom. The Morgan fingerprint density at radius 1 is 1.28 bits per heavy atom. The SMILES string of the molecule is C=C1/C=C\C(C)=C/CC(C)(C)C2CC(I)=CC=C12. The summed E-state index contributed by atoms with van der Waals surface area (Å²) in [4.78, 5) is 0. The van der Waals surface area contributed by atoms with Crippen LogP contribution in [0.4, 0.5) is 0 Å². The van der Waals surface area contributed by atoms with Crippen LogP contribution in [-0.4, -0.2) is 0 Å². The zero-order valence-electron chi connectivity index (χ0n) is 11.5. The molecule has 0 bridgehead atoms. The maximum Gasteiger partial charge on any atom is -0.00570 e. The molecule has 0 saturated heterocycles. The zero-order valence-corrected chi connectivity index (χ0v) is 13.6. The first-order valence-electron chi connectivity index (χ1n) is 6.50. The van der Waals surface area contributed by atoms with Gasteiger partial charge in [-0.15, -0.1) is 0 Å². The normalized spacial score (nSPS) is 31.9. The van der Waals surface area contributed by atoms with E-state index in [1.165, 1.54) is 20.3 Å². The van der Waals surface area contributed by atoms with Crippen molar-refractivity contribution in [2.75, 3.05) is 0 Å². The second-order valence-electron chi connectivity index (χ2n) is 5.99. The Balaban J connectivity index is 2.47. The van der Waals surface area contributed by atoms with Gasteiger partial charge in [-0.05, 0) is 68.4 Å². The summed E-state index contributed by atoms with van der Waals surface area (Å²) in [6.45, 7) is 11.2. The Labute approximate surface area is 124 Å². The van der Waals surface area contributed by atoms with Gasteiger partial charge >= 0.3 is 0 Å². The van der Waals surface area contributed by atoms with E-state index in [0.29, 0.717) is 5.92 Å². The molecule has 0 aliphatic heterocycles. The molecule has 2 rings (SSSR count). The topological polar surface area (TPSA) is 0 Å². The van der Waals surface area contributed by atoms with E-state index in [1.807, 2.05) is 0 Å². The summed E-state index contributed by atoms with van der Waals surface area (Å²) in [6.07, 6.45) is 13.5. The predicted octanol–water partition coefficient (Wildman–Crippen LogP) is 5.74. The lowest BCUT2D eigenvalue weighted by molar-refractivity contribution is 0.252. The Kier molecular flexibility index (Phi) is 4.00. The largest absolute Gasteiger partial charge is 0.0915 e. The lowest BCUT2D eigenvalue weighted by atomic mass is 9.68. The minimum absolute atomic E-state index is 0.284. The van der Waals surface area contributed by atoms with Crippen LogP contribution in [0, 0.1) is 11.3 Å². The number of halogens is 1. The highest BCUT2D eigenvalue weighted by Crippen LogP contribution is 2.46. The standard InChI is InChI=1S/C17H21I/c1-12-5-6-13(2)15-8-7-14(18)11-16(15)17(3,4)10-9-12/h5-9,16H,2,10-11H2,1,3-4H3/b6-5-,12-9-. The fourth-order valence-electron chi connectivity index (χ4n) is 2.66. The van der Waals surface area contributed by atoms with Crippen LogP contribution >= 0.6 is 22.6 Å². The molecule has 1 atom stereocenters. The van der Waals surface area contributed by atoms with E-state index in [-0.39, 0.29) is 5.41 Å². The molecule has 0 N–H and O–H groups in total. The van der Waals surface area contributed by atoms with Crippen molar-refractivity contribution in [2.24, 2.45) is 11.3 Å². The van der Waals surface area contributed by atoms with Crippen LogP contribution in [0.2, 0.25) is 0 Å². The van der Waals surface area contributed by atoms with Crippen LogP contribution in [0.25, 0.3) is 0 Å². The van der Waals surface area contributed by atoms with Crippen LogP contribution in [0.1, 0.15) is 33.6 Å². The molecule has 2 aliphatic rings. The molecule has 2 aliphatic carbocycles. The number of fused-ring (bicyclic) bond motifs is 1. The first kappa shape index (κ1) is 13.9. The van der Waals surface area contributed by atoms with E-state index in [1.54, 1.807) is 0 Å². The Hall–Kier alpha value is -0.570. The lowest BCUT2D eigenvalue weighted by Gasteiger charge is -2.37. The maximum atomic E-state index is 4.25. The predicted molar refractivity (Wildman–Crippen MR) is 88.7 cm³/mol. The van der Waals surface area contributed by atoms with Crippen molar-refractivity contribution in [1.82, 2.24) is 0 Å². The average molecular weight is 352 g/mol. The van der Waals surface area contributed by atoms with Crippen molar-refractivity contribution in [3.63, 3.8) is 0 Å². The Morgan fingerprint density at radius 2 is 2.00 bits per heavy atom. The van der Waals surface area contributed by atoms with Crippen LogP contribution in [-0.2, 0) is 0 Å². The quantitative estimate of drug-likeness (QED) is 0.488. The molecule has 1 heteroatoms. The summed E-state index contributed by atoms with van der Waals surface area (Å²) in [6, 6.07) is 0. The van der Waals surface area contributed by atoms with E-state index in [0.717, 1.165) is 12.8 Å². The van der Waals surface area contributed by atoms with Gasteiger partial charge in [0.2, 0.25) is 0 Å². The minimum atomic E-state index is 0.284. The van der Waals surface area contributed by atoms with Crippen LogP contribution in [0.5, 0.6) is 0 Å². The third-order valence-corrected chi connectivity index (χ3v) is 4.83. The van der Waals surface area contributed by atoms with Gasteiger partial charge in [0.15, 0.2) is 0 Å². The highest BCUT2D eigenvalue weighted by molar-refractivity contribution is 14.1. The van der Waals surface area contributed by atoms with Crippen LogP contribution < -0.4 is 0 Å². The first-order valence-corrected chi connectivity index (χ1v) is 7.58. The number of rotatable bonds is 0. The molecule has 0 nitrogen and oxygen atoms in total. The molecule has 0 saturated carbocycles. The van der Waals surface area contributed by atoms with Crippen molar-refractivity contribution in [2.45, 2.75) is 33.6 Å². The molecule has 0 amide bonds. The van der Waals surface area contributed by atoms with Gasteiger partial charge in [0, 0.05) is 0 Å². The average Bonchev–Trinajstić information content (AvgIpc) is 2.36. The molecule has 18 heavy (non-hydrogen) atoms. The third kappa shape index (κ3) is 2.87. The molecular weight excluding hydrogens is 331 g/mol. The molecule has 0 radical (unpaired) electrons. The molecule has 0 spiro atoms. The van der Waals surface area contributed by atoms with Gasteiger partial charge in [-0.2, -0.15) is 0 Å². The van der Waals surface area contributed by atoms with Crippen molar-refractivity contribution in [3.05, 3.63) is 57.3 Å². The summed E-state index contributed by atoms with van der Waals surface area (Å²) in [7, 11) is 0. The summed E-state index contributed by atoms with van der Waals surface area (Å²) in [5.41, 5.74) is 4.21. The summed E-state index contributed by atoms with van der Waals surface area (Å²) in [5, 5.41) is 0. The Bertz CT molecular complexity index is 484. The number of hydrogen-bond donors (Lipinski definition) is 0. The van der Waals surface area contributed by atoms with Crippen LogP contribution in [0.15, 0.2) is 57.3 Å². The molecule has 0 fully saturated rings. The lowest BCUT2D eigenvalue weighted by Crippen LogP contribution is -2.27. The fraction of sp³-hybridized carbons (Fsp3) is 0.412. The molecule has 1 unspecified atom stereocenters. The van der Waals surface area contributed by atoms with E-state index >= 15 is 0 Å². The van der Waals surface area contributed by atoms with Crippen LogP contribution in [0.3, 0.4) is 0 Å². The summed E-state index contributed by atoms with van der Waals surface area (Å²) >= 11 is 2.46. The van der Waals surface area contributed by atoms with Crippen molar-refractivity contribution in [1.29, 1.82) is 0 Å². The van der Waals surface area contributed by atoms with Crippen molar-refractivity contribution < 1.29 is 0 Å². The van der Waals surface area contributed by atoms with Gasteiger partial charge in [0.25, 0.3) is 0 Å². The molecule has 0 aromatic carbocycles. The molecule has 96 valence electrons. The highest BCUT2D eigenvalue weighted by atomic mass is 127. The monoisotopic (exact) mass is 352 g/mol. The fourth-order valence-corrected chi connectivity index (χ4v) is 3.28. The zero-order chi connectivity index (χ0) is 13.3. The molecular formula is C17H21I. The van der Waals surface area contributed by atoms with Gasteiger partial charge < -0.3 is 0 Å². The van der Waals surface area contributed by atoms with Gasteiger partial charge in [-0.1, -0.05) is 56.4 Å². The summed E-state index contributed by atoms with van der Waals surface area (Å²) in [5.74, 6) is 0.577. The summed E-state index contributed by atoms with van der Waals surface area (Å²) < 4.78 is 1.45. The van der Waals surface area contributed by atoms with Gasteiger partial charge in [0.05, 0.1) is 0 Å². The number of allylic oxidation sites excluding steroid dienone is 9. The molecule has 0 heterocycles. The van der Waals surface area contributed by atoms with E-state index in [9.17, 15) is 0 Å². The van der Waals surface area contributed by atoms with Gasteiger partial charge in [-0.25, -0.2) is 0 Å². The second-order valence-corrected chi connectivity index (χ2v) is 7.38. The van der Waals surface area contributed by atoms with E-state index in [4.69, 9.17) is 0 Å². The van der Waals surface area contributed by atoms with Crippen molar-refractivity contribution >= 4 is 22.6 Å². The van der Waals surface area contributed by atoms with E-state index < -0.39 is 0 Å². The third-order valence-electron chi connectivity index (χ3n) is 4.03. The van der Waals surface area contributed by atoms with Gasteiger partial charge in [-0.3, -0.25) is 0 Å². The molecule has 0 aromatic heterocycles. The number of hydrogen-bond acceptors (Lipinski definition) is 0. The second kappa shape index (κ2) is 5.20.